The molecule has 0 aromatic rings. The Morgan fingerprint density at radius 1 is 1.16 bits per heavy atom. The molecule has 0 saturated heterocycles. The van der Waals surface area contributed by atoms with E-state index in [0.29, 0.717) is 18.1 Å². The van der Waals surface area contributed by atoms with Crippen molar-refractivity contribution in [1.29, 1.82) is 0 Å². The van der Waals surface area contributed by atoms with E-state index in [4.69, 9.17) is 9.47 Å². The molecule has 3 heteroatoms. The molecule has 19 heavy (non-hydrogen) atoms. The third kappa shape index (κ3) is 8.82. The quantitative estimate of drug-likeness (QED) is 0.316. The molecule has 0 spiro atoms. The van der Waals surface area contributed by atoms with Gasteiger partial charge in [0.2, 0.25) is 6.29 Å². The van der Waals surface area contributed by atoms with Crippen molar-refractivity contribution in [1.82, 2.24) is 0 Å². The van der Waals surface area contributed by atoms with Crippen LogP contribution in [0.5, 0.6) is 0 Å². The first-order chi connectivity index (χ1) is 9.04. The summed E-state index contributed by atoms with van der Waals surface area (Å²) in [4.78, 5) is 11.5. The monoisotopic (exact) mass is 270 g/mol. The zero-order valence-electron chi connectivity index (χ0n) is 13.0. The van der Waals surface area contributed by atoms with Crippen LogP contribution in [-0.4, -0.2) is 18.9 Å². The molecular formula is C16H30O3. The highest BCUT2D eigenvalue weighted by Crippen LogP contribution is 2.16. The van der Waals surface area contributed by atoms with E-state index in [0.717, 1.165) is 19.3 Å². The zero-order chi connectivity index (χ0) is 14.7. The molecule has 0 aromatic heterocycles. The van der Waals surface area contributed by atoms with Gasteiger partial charge >= 0.3 is 5.97 Å². The fourth-order valence-corrected chi connectivity index (χ4v) is 1.77. The summed E-state index contributed by atoms with van der Waals surface area (Å²) in [6.07, 6.45) is 5.96. The molecule has 0 bridgehead atoms. The van der Waals surface area contributed by atoms with Crippen LogP contribution in [0.4, 0.5) is 0 Å². The number of hydrogen-bond donors (Lipinski definition) is 0. The lowest BCUT2D eigenvalue weighted by atomic mass is 10.0. The van der Waals surface area contributed by atoms with Gasteiger partial charge in [0.1, 0.15) is 0 Å². The number of carbonyl (C=O) groups is 1. The van der Waals surface area contributed by atoms with Gasteiger partial charge in [-0.2, -0.15) is 0 Å². The molecule has 112 valence electrons. The van der Waals surface area contributed by atoms with Gasteiger partial charge in [-0.05, 0) is 19.3 Å². The van der Waals surface area contributed by atoms with Crippen molar-refractivity contribution in [2.24, 2.45) is 5.92 Å². The van der Waals surface area contributed by atoms with Crippen molar-refractivity contribution in [3.05, 3.63) is 12.2 Å². The fourth-order valence-electron chi connectivity index (χ4n) is 1.77. The third-order valence-corrected chi connectivity index (χ3v) is 3.17. The average molecular weight is 270 g/mol. The van der Waals surface area contributed by atoms with Crippen LogP contribution in [0.2, 0.25) is 0 Å². The summed E-state index contributed by atoms with van der Waals surface area (Å²) in [6, 6.07) is 0. The van der Waals surface area contributed by atoms with Crippen molar-refractivity contribution < 1.29 is 14.3 Å². The van der Waals surface area contributed by atoms with Crippen molar-refractivity contribution >= 4 is 5.97 Å². The maximum atomic E-state index is 11.5. The Balaban J connectivity index is 4.17. The molecule has 2 atom stereocenters. The second-order valence-electron chi connectivity index (χ2n) is 5.15. The smallest absolute Gasteiger partial charge is 0.335 e. The zero-order valence-corrected chi connectivity index (χ0v) is 13.0. The predicted molar refractivity (Wildman–Crippen MR) is 78.9 cm³/mol. The van der Waals surface area contributed by atoms with Crippen LogP contribution in [0.1, 0.15) is 66.2 Å². The molecule has 0 saturated carbocycles. The Morgan fingerprint density at radius 3 is 2.32 bits per heavy atom. The van der Waals surface area contributed by atoms with E-state index in [1.165, 1.54) is 19.3 Å². The van der Waals surface area contributed by atoms with Crippen molar-refractivity contribution in [2.75, 3.05) is 6.61 Å². The van der Waals surface area contributed by atoms with Crippen LogP contribution < -0.4 is 0 Å². The number of carbonyl (C=O) groups excluding carboxylic acids is 1. The summed E-state index contributed by atoms with van der Waals surface area (Å²) in [6.45, 7) is 12.3. The number of esters is 1. The Bertz CT molecular complexity index is 261. The first-order valence-electron chi connectivity index (χ1n) is 7.53. The lowest BCUT2D eigenvalue weighted by Gasteiger charge is -2.21. The molecule has 0 aromatic carbocycles. The van der Waals surface area contributed by atoms with Gasteiger partial charge in [-0.3, -0.25) is 0 Å². The van der Waals surface area contributed by atoms with E-state index >= 15 is 0 Å². The lowest BCUT2D eigenvalue weighted by Crippen LogP contribution is -2.24. The van der Waals surface area contributed by atoms with Gasteiger partial charge in [0, 0.05) is 12.0 Å². The van der Waals surface area contributed by atoms with E-state index in [-0.39, 0.29) is 5.97 Å². The van der Waals surface area contributed by atoms with Crippen LogP contribution in [0.15, 0.2) is 12.2 Å². The number of ether oxygens (including phenoxy) is 2. The topological polar surface area (TPSA) is 35.5 Å². The van der Waals surface area contributed by atoms with Crippen molar-refractivity contribution in [2.45, 2.75) is 72.5 Å². The van der Waals surface area contributed by atoms with Crippen LogP contribution >= 0.6 is 0 Å². The van der Waals surface area contributed by atoms with Crippen LogP contribution in [0.25, 0.3) is 0 Å². The maximum absolute atomic E-state index is 11.5. The summed E-state index contributed by atoms with van der Waals surface area (Å²) in [5, 5.41) is 0. The van der Waals surface area contributed by atoms with E-state index in [9.17, 15) is 4.79 Å². The Kier molecular flexibility index (Phi) is 10.6. The molecule has 3 nitrogen and oxygen atoms in total. The maximum Gasteiger partial charge on any atom is 0.335 e. The van der Waals surface area contributed by atoms with Gasteiger partial charge in [-0.25, -0.2) is 4.79 Å². The van der Waals surface area contributed by atoms with E-state index in [1.807, 2.05) is 0 Å². The lowest BCUT2D eigenvalue weighted by molar-refractivity contribution is -0.178. The van der Waals surface area contributed by atoms with Crippen molar-refractivity contribution in [3.63, 3.8) is 0 Å². The largest absolute Gasteiger partial charge is 0.432 e. The number of hydrogen-bond acceptors (Lipinski definition) is 3. The van der Waals surface area contributed by atoms with Gasteiger partial charge in [-0.15, -0.1) is 0 Å². The molecule has 0 aliphatic heterocycles. The molecule has 0 heterocycles. The summed E-state index contributed by atoms with van der Waals surface area (Å²) in [5.74, 6) is 0.197. The van der Waals surface area contributed by atoms with Gasteiger partial charge in [0.15, 0.2) is 0 Å². The second-order valence-corrected chi connectivity index (χ2v) is 5.15. The molecule has 2 unspecified atom stereocenters. The fraction of sp³-hybridized carbons (Fsp3) is 0.812. The standard InChI is InChI=1S/C16H30O3/c1-6-9-11-14(8-3)12-18-15(10-7-2)19-16(17)13(4)5/h14-15H,4,6-12H2,1-3,5H3. The normalized spacial score (nSPS) is 13.9. The van der Waals surface area contributed by atoms with Crippen LogP contribution in [0, 0.1) is 5.92 Å². The number of rotatable bonds is 11. The minimum absolute atomic E-state index is 0.361. The number of unbranched alkanes of at least 4 members (excludes halogenated alkanes) is 1. The van der Waals surface area contributed by atoms with Gasteiger partial charge in [0.25, 0.3) is 0 Å². The highest BCUT2D eigenvalue weighted by Gasteiger charge is 2.16. The van der Waals surface area contributed by atoms with Crippen molar-refractivity contribution in [3.8, 4) is 0 Å². The summed E-state index contributed by atoms with van der Waals surface area (Å²) in [7, 11) is 0. The van der Waals surface area contributed by atoms with E-state index in [1.54, 1.807) is 6.92 Å². The SMILES string of the molecule is C=C(C)C(=O)OC(CCC)OCC(CC)CCCC. The molecule has 0 rings (SSSR count). The first-order valence-corrected chi connectivity index (χ1v) is 7.53. The minimum atomic E-state index is -0.426. The Morgan fingerprint density at radius 2 is 1.84 bits per heavy atom. The molecule has 0 radical (unpaired) electrons. The van der Waals surface area contributed by atoms with Crippen LogP contribution in [-0.2, 0) is 14.3 Å². The summed E-state index contributed by atoms with van der Waals surface area (Å²) in [5.41, 5.74) is 0.419. The molecule has 0 amide bonds. The molecule has 0 N–H and O–H groups in total. The summed E-state index contributed by atoms with van der Waals surface area (Å²) >= 11 is 0. The third-order valence-electron chi connectivity index (χ3n) is 3.17. The van der Waals surface area contributed by atoms with E-state index < -0.39 is 6.29 Å². The van der Waals surface area contributed by atoms with Crippen LogP contribution in [0.3, 0.4) is 0 Å². The van der Waals surface area contributed by atoms with Gasteiger partial charge in [-0.1, -0.05) is 53.0 Å². The van der Waals surface area contributed by atoms with E-state index in [2.05, 4.69) is 27.4 Å². The Labute approximate surface area is 118 Å². The second kappa shape index (κ2) is 11.0. The summed E-state index contributed by atoms with van der Waals surface area (Å²) < 4.78 is 11.1. The minimum Gasteiger partial charge on any atom is -0.432 e. The predicted octanol–water partition coefficient (Wildman–Crippen LogP) is 4.46. The average Bonchev–Trinajstić information content (AvgIpc) is 2.38. The molecule has 0 aliphatic rings. The molecule has 0 fully saturated rings. The Hall–Kier alpha value is -0.830. The van der Waals surface area contributed by atoms with Gasteiger partial charge in [0.05, 0.1) is 6.61 Å². The highest BCUT2D eigenvalue weighted by molar-refractivity contribution is 5.86. The highest BCUT2D eigenvalue weighted by atomic mass is 16.7. The first kappa shape index (κ1) is 18.2. The molecular weight excluding hydrogens is 240 g/mol. The molecule has 0 aliphatic carbocycles. The van der Waals surface area contributed by atoms with Gasteiger partial charge < -0.3 is 9.47 Å².